The smallest absolute Gasteiger partial charge is 0.335 e. The number of benzene rings is 1. The van der Waals surface area contributed by atoms with Gasteiger partial charge in [0.05, 0.1) is 5.56 Å². The Kier molecular flexibility index (Phi) is 4.32. The number of carbonyl (C=O) groups excluding carboxylic acids is 1. The first kappa shape index (κ1) is 15.1. The number of carbonyl (C=O) groups is 1. The molecule has 0 radical (unpaired) electrons. The SMILES string of the molecule is CS(=O)(=O)c1nnc(CCNC(=O)c2ccccc2F)o1. The van der Waals surface area contributed by atoms with Gasteiger partial charge in [0.1, 0.15) is 5.82 Å². The Hall–Kier alpha value is -2.29. The largest absolute Gasteiger partial charge is 0.412 e. The monoisotopic (exact) mass is 313 g/mol. The van der Waals surface area contributed by atoms with Gasteiger partial charge in [0, 0.05) is 19.2 Å². The van der Waals surface area contributed by atoms with E-state index >= 15 is 0 Å². The second kappa shape index (κ2) is 6.00. The summed E-state index contributed by atoms with van der Waals surface area (Å²) in [7, 11) is -3.55. The first-order valence-electron chi connectivity index (χ1n) is 5.93. The van der Waals surface area contributed by atoms with Crippen molar-refractivity contribution in [3.63, 3.8) is 0 Å². The Bertz CT molecular complexity index is 757. The third kappa shape index (κ3) is 3.85. The van der Waals surface area contributed by atoms with Gasteiger partial charge in [0.25, 0.3) is 5.91 Å². The number of nitrogens with zero attached hydrogens (tertiary/aromatic N) is 2. The number of rotatable bonds is 5. The van der Waals surface area contributed by atoms with Crippen LogP contribution in [0.3, 0.4) is 0 Å². The van der Waals surface area contributed by atoms with Crippen LogP contribution in [0.2, 0.25) is 0 Å². The molecule has 0 aliphatic heterocycles. The molecule has 1 aromatic carbocycles. The average molecular weight is 313 g/mol. The van der Waals surface area contributed by atoms with Crippen molar-refractivity contribution in [3.05, 3.63) is 41.5 Å². The highest BCUT2D eigenvalue weighted by Crippen LogP contribution is 2.08. The van der Waals surface area contributed by atoms with Gasteiger partial charge < -0.3 is 9.73 Å². The molecule has 21 heavy (non-hydrogen) atoms. The maximum absolute atomic E-state index is 13.4. The van der Waals surface area contributed by atoms with Gasteiger partial charge in [-0.25, -0.2) is 12.8 Å². The van der Waals surface area contributed by atoms with Crippen LogP contribution < -0.4 is 5.32 Å². The molecule has 0 atom stereocenters. The number of amides is 1. The Morgan fingerprint density at radius 3 is 2.67 bits per heavy atom. The van der Waals surface area contributed by atoms with Crippen LogP contribution in [0.25, 0.3) is 0 Å². The summed E-state index contributed by atoms with van der Waals surface area (Å²) in [6.07, 6.45) is 1.09. The summed E-state index contributed by atoms with van der Waals surface area (Å²) in [4.78, 5) is 11.7. The molecule has 0 aliphatic rings. The molecule has 0 spiro atoms. The zero-order valence-electron chi connectivity index (χ0n) is 11.0. The maximum Gasteiger partial charge on any atom is 0.335 e. The molecule has 1 N–H and O–H groups in total. The Morgan fingerprint density at radius 2 is 2.05 bits per heavy atom. The summed E-state index contributed by atoms with van der Waals surface area (Å²) < 4.78 is 40.6. The minimum Gasteiger partial charge on any atom is -0.412 e. The van der Waals surface area contributed by atoms with E-state index in [1.807, 2.05) is 0 Å². The molecule has 2 rings (SSSR count). The van der Waals surface area contributed by atoms with E-state index in [0.29, 0.717) is 0 Å². The van der Waals surface area contributed by atoms with Crippen molar-refractivity contribution in [3.8, 4) is 0 Å². The lowest BCUT2D eigenvalue weighted by molar-refractivity contribution is 0.0949. The minimum absolute atomic E-state index is 0.0696. The average Bonchev–Trinajstić information content (AvgIpc) is 2.88. The summed E-state index contributed by atoms with van der Waals surface area (Å²) in [6.45, 7) is 0.110. The second-order valence-electron chi connectivity index (χ2n) is 4.22. The van der Waals surface area contributed by atoms with E-state index in [-0.39, 0.29) is 24.4 Å². The highest BCUT2D eigenvalue weighted by atomic mass is 32.2. The molecule has 2 aromatic rings. The summed E-state index contributed by atoms with van der Waals surface area (Å²) in [5.74, 6) is -1.12. The van der Waals surface area contributed by atoms with Gasteiger partial charge in [0.2, 0.25) is 15.7 Å². The molecule has 0 saturated carbocycles. The molecule has 0 fully saturated rings. The van der Waals surface area contributed by atoms with Crippen LogP contribution in [0.4, 0.5) is 4.39 Å². The van der Waals surface area contributed by atoms with Crippen LogP contribution in [0, 0.1) is 5.82 Å². The highest BCUT2D eigenvalue weighted by Gasteiger charge is 2.16. The summed E-state index contributed by atoms with van der Waals surface area (Å²) >= 11 is 0. The highest BCUT2D eigenvalue weighted by molar-refractivity contribution is 7.90. The second-order valence-corrected chi connectivity index (χ2v) is 6.11. The Balaban J connectivity index is 1.92. The van der Waals surface area contributed by atoms with Crippen molar-refractivity contribution in [1.82, 2.24) is 15.5 Å². The summed E-state index contributed by atoms with van der Waals surface area (Å²) in [5, 5.41) is 8.93. The predicted octanol–water partition coefficient (Wildman–Crippen LogP) is 0.585. The lowest BCUT2D eigenvalue weighted by Gasteiger charge is -2.04. The molecular weight excluding hydrogens is 301 g/mol. The number of sulfone groups is 1. The van der Waals surface area contributed by atoms with Crippen molar-refractivity contribution in [2.45, 2.75) is 11.6 Å². The lowest BCUT2D eigenvalue weighted by atomic mass is 10.2. The van der Waals surface area contributed by atoms with Crippen LogP contribution in [-0.4, -0.2) is 37.3 Å². The van der Waals surface area contributed by atoms with Crippen molar-refractivity contribution < 1.29 is 22.0 Å². The lowest BCUT2D eigenvalue weighted by Crippen LogP contribution is -2.26. The molecule has 1 heterocycles. The Morgan fingerprint density at radius 1 is 1.33 bits per heavy atom. The van der Waals surface area contributed by atoms with Crippen molar-refractivity contribution in [2.24, 2.45) is 0 Å². The van der Waals surface area contributed by atoms with E-state index in [4.69, 9.17) is 4.42 Å². The van der Waals surface area contributed by atoms with Gasteiger partial charge in [-0.2, -0.15) is 0 Å². The molecule has 0 saturated heterocycles. The number of hydrogen-bond acceptors (Lipinski definition) is 6. The van der Waals surface area contributed by atoms with Gasteiger partial charge in [-0.3, -0.25) is 4.79 Å². The first-order valence-corrected chi connectivity index (χ1v) is 7.82. The van der Waals surface area contributed by atoms with Gasteiger partial charge in [-0.05, 0) is 12.1 Å². The molecule has 7 nitrogen and oxygen atoms in total. The molecule has 112 valence electrons. The van der Waals surface area contributed by atoms with E-state index in [9.17, 15) is 17.6 Å². The predicted molar refractivity (Wildman–Crippen MR) is 69.8 cm³/mol. The van der Waals surface area contributed by atoms with Gasteiger partial charge >= 0.3 is 5.22 Å². The summed E-state index contributed by atoms with van der Waals surface area (Å²) in [5.41, 5.74) is -0.0696. The summed E-state index contributed by atoms with van der Waals surface area (Å²) in [6, 6.07) is 5.58. The van der Waals surface area contributed by atoms with Crippen molar-refractivity contribution in [1.29, 1.82) is 0 Å². The topological polar surface area (TPSA) is 102 Å². The fraction of sp³-hybridized carbons (Fsp3) is 0.250. The van der Waals surface area contributed by atoms with Crippen LogP contribution in [-0.2, 0) is 16.3 Å². The molecule has 0 aliphatic carbocycles. The molecular formula is C12H12FN3O4S. The van der Waals surface area contributed by atoms with E-state index < -0.39 is 26.8 Å². The maximum atomic E-state index is 13.4. The number of aromatic nitrogens is 2. The van der Waals surface area contributed by atoms with Crippen LogP contribution in [0.1, 0.15) is 16.2 Å². The van der Waals surface area contributed by atoms with E-state index in [1.165, 1.54) is 18.2 Å². The zero-order chi connectivity index (χ0) is 15.5. The van der Waals surface area contributed by atoms with E-state index in [0.717, 1.165) is 6.26 Å². The normalized spacial score (nSPS) is 11.3. The number of nitrogens with one attached hydrogen (secondary N) is 1. The first-order chi connectivity index (χ1) is 9.88. The van der Waals surface area contributed by atoms with Crippen LogP contribution >= 0.6 is 0 Å². The molecule has 1 aromatic heterocycles. The van der Waals surface area contributed by atoms with Gasteiger partial charge in [-0.1, -0.05) is 17.2 Å². The third-order valence-corrected chi connectivity index (χ3v) is 3.31. The third-order valence-electron chi connectivity index (χ3n) is 2.51. The fourth-order valence-electron chi connectivity index (χ4n) is 1.51. The number of halogens is 1. The number of hydrogen-bond donors (Lipinski definition) is 1. The minimum atomic E-state index is -3.55. The van der Waals surface area contributed by atoms with E-state index in [1.54, 1.807) is 6.07 Å². The zero-order valence-corrected chi connectivity index (χ0v) is 11.9. The van der Waals surface area contributed by atoms with Crippen molar-refractivity contribution >= 4 is 15.7 Å². The Labute approximate surface area is 120 Å². The molecule has 0 unspecified atom stereocenters. The van der Waals surface area contributed by atoms with Crippen LogP contribution in [0.15, 0.2) is 33.9 Å². The molecule has 9 heteroatoms. The van der Waals surface area contributed by atoms with Gasteiger partial charge in [-0.15, -0.1) is 5.10 Å². The van der Waals surface area contributed by atoms with E-state index in [2.05, 4.69) is 15.5 Å². The van der Waals surface area contributed by atoms with Gasteiger partial charge in [0.15, 0.2) is 0 Å². The quantitative estimate of drug-likeness (QED) is 0.866. The molecule has 1 amide bonds. The fourth-order valence-corrected chi connectivity index (χ4v) is 1.95. The van der Waals surface area contributed by atoms with Crippen molar-refractivity contribution in [2.75, 3.05) is 12.8 Å². The molecule has 0 bridgehead atoms. The standard InChI is InChI=1S/C12H12FN3O4S/c1-21(18,19)12-16-15-10(20-12)6-7-14-11(17)8-4-2-3-5-9(8)13/h2-5H,6-7H2,1H3,(H,14,17). The van der Waals surface area contributed by atoms with Crippen LogP contribution in [0.5, 0.6) is 0 Å².